The molecule has 1 heterocycles. The van der Waals surface area contributed by atoms with Gasteiger partial charge in [0.2, 0.25) is 0 Å². The fraction of sp³-hybridized carbons (Fsp3) is 0.286. The fourth-order valence-electron chi connectivity index (χ4n) is 2.62. The zero-order valence-corrected chi connectivity index (χ0v) is 19.3. The van der Waals surface area contributed by atoms with Crippen LogP contribution in [0.15, 0.2) is 59.9 Å². The Morgan fingerprint density at radius 1 is 1.10 bits per heavy atom. The van der Waals surface area contributed by atoms with Gasteiger partial charge in [-0.2, -0.15) is 5.10 Å². The number of nitrogens with one attached hydrogen (secondary N) is 2. The Kier molecular flexibility index (Phi) is 8.91. The Hall–Kier alpha value is -2.62. The number of rotatable bonds is 7. The van der Waals surface area contributed by atoms with Gasteiger partial charge in [-0.15, -0.1) is 24.0 Å². The quantitative estimate of drug-likeness (QED) is 0.290. The van der Waals surface area contributed by atoms with Gasteiger partial charge in [-0.25, -0.2) is 9.98 Å². The maximum absolute atomic E-state index is 6.06. The van der Waals surface area contributed by atoms with E-state index in [0.717, 1.165) is 35.4 Å². The predicted molar refractivity (Wildman–Crippen MR) is 126 cm³/mol. The largest absolute Gasteiger partial charge is 0.457 e. The Labute approximate surface area is 188 Å². The van der Waals surface area contributed by atoms with E-state index in [0.29, 0.717) is 13.1 Å². The number of aromatic nitrogens is 3. The second kappa shape index (κ2) is 11.4. The molecule has 3 rings (SSSR count). The Morgan fingerprint density at radius 3 is 2.55 bits per heavy atom. The first-order valence-corrected chi connectivity index (χ1v) is 9.33. The standard InChI is InChI=1S/C21H26N6O.HI/c1-4-22-21(24-14-20-25-15-26-27(20)3)23-13-17-7-5-6-8-19(17)28-18-11-9-16(2)10-12-18;/h5-12,15H,4,13-14H2,1-3H3,(H2,22,23,24);1H. The summed E-state index contributed by atoms with van der Waals surface area (Å²) < 4.78 is 7.80. The summed E-state index contributed by atoms with van der Waals surface area (Å²) in [5.41, 5.74) is 2.22. The summed E-state index contributed by atoms with van der Waals surface area (Å²) in [6.45, 7) is 5.91. The molecule has 3 aromatic rings. The molecule has 0 fully saturated rings. The number of para-hydroxylation sites is 1. The van der Waals surface area contributed by atoms with Gasteiger partial charge in [0.05, 0.1) is 13.1 Å². The minimum Gasteiger partial charge on any atom is -0.457 e. The lowest BCUT2D eigenvalue weighted by atomic mass is 10.2. The summed E-state index contributed by atoms with van der Waals surface area (Å²) >= 11 is 0. The number of hydrogen-bond acceptors (Lipinski definition) is 4. The van der Waals surface area contributed by atoms with Gasteiger partial charge in [-0.3, -0.25) is 4.68 Å². The molecule has 0 spiro atoms. The first kappa shape index (κ1) is 22.7. The van der Waals surface area contributed by atoms with Crippen LogP contribution in [0.25, 0.3) is 0 Å². The fourth-order valence-corrected chi connectivity index (χ4v) is 2.62. The molecule has 8 heteroatoms. The third-order valence-electron chi connectivity index (χ3n) is 4.19. The van der Waals surface area contributed by atoms with E-state index < -0.39 is 0 Å². The number of aliphatic imine (C=N–C) groups is 1. The first-order chi connectivity index (χ1) is 13.7. The van der Waals surface area contributed by atoms with Crippen LogP contribution in [-0.2, 0) is 20.1 Å². The highest BCUT2D eigenvalue weighted by Gasteiger charge is 2.06. The van der Waals surface area contributed by atoms with Crippen molar-refractivity contribution in [3.63, 3.8) is 0 Å². The van der Waals surface area contributed by atoms with E-state index in [4.69, 9.17) is 4.74 Å². The molecule has 2 aromatic carbocycles. The zero-order valence-electron chi connectivity index (χ0n) is 16.9. The molecule has 29 heavy (non-hydrogen) atoms. The second-order valence-corrected chi connectivity index (χ2v) is 6.37. The zero-order chi connectivity index (χ0) is 19.8. The second-order valence-electron chi connectivity index (χ2n) is 6.37. The smallest absolute Gasteiger partial charge is 0.191 e. The van der Waals surface area contributed by atoms with Crippen molar-refractivity contribution in [3.05, 3.63) is 71.8 Å². The molecule has 0 saturated carbocycles. The predicted octanol–water partition coefficient (Wildman–Crippen LogP) is 3.79. The summed E-state index contributed by atoms with van der Waals surface area (Å²) in [5.74, 6) is 3.18. The normalized spacial score (nSPS) is 10.9. The molecule has 7 nitrogen and oxygen atoms in total. The lowest BCUT2D eigenvalue weighted by Crippen LogP contribution is -2.37. The van der Waals surface area contributed by atoms with Crippen LogP contribution >= 0.6 is 24.0 Å². The third kappa shape index (κ3) is 6.74. The highest BCUT2D eigenvalue weighted by atomic mass is 127. The van der Waals surface area contributed by atoms with E-state index in [1.807, 2.05) is 62.5 Å². The van der Waals surface area contributed by atoms with E-state index in [-0.39, 0.29) is 24.0 Å². The number of ether oxygens (including phenoxy) is 1. The van der Waals surface area contributed by atoms with Crippen molar-refractivity contribution >= 4 is 29.9 Å². The lowest BCUT2D eigenvalue weighted by Gasteiger charge is -2.13. The van der Waals surface area contributed by atoms with Crippen LogP contribution in [0.2, 0.25) is 0 Å². The molecular formula is C21H27IN6O. The van der Waals surface area contributed by atoms with Crippen LogP contribution in [-0.4, -0.2) is 27.3 Å². The Morgan fingerprint density at radius 2 is 1.86 bits per heavy atom. The van der Waals surface area contributed by atoms with Gasteiger partial charge in [0, 0.05) is 19.2 Å². The van der Waals surface area contributed by atoms with Gasteiger partial charge in [0.1, 0.15) is 23.7 Å². The van der Waals surface area contributed by atoms with Crippen LogP contribution in [0.3, 0.4) is 0 Å². The van der Waals surface area contributed by atoms with Gasteiger partial charge < -0.3 is 15.4 Å². The maximum Gasteiger partial charge on any atom is 0.191 e. The van der Waals surface area contributed by atoms with Crippen molar-refractivity contribution in [3.8, 4) is 11.5 Å². The minimum atomic E-state index is 0. The summed E-state index contributed by atoms with van der Waals surface area (Å²) in [6.07, 6.45) is 1.54. The summed E-state index contributed by atoms with van der Waals surface area (Å²) in [7, 11) is 1.87. The van der Waals surface area contributed by atoms with E-state index in [1.54, 1.807) is 11.0 Å². The van der Waals surface area contributed by atoms with Crippen molar-refractivity contribution in [1.29, 1.82) is 0 Å². The van der Waals surface area contributed by atoms with Crippen LogP contribution in [0.5, 0.6) is 11.5 Å². The van der Waals surface area contributed by atoms with Crippen LogP contribution in [0.4, 0.5) is 0 Å². The molecular weight excluding hydrogens is 479 g/mol. The molecule has 0 amide bonds. The highest BCUT2D eigenvalue weighted by Crippen LogP contribution is 2.26. The van der Waals surface area contributed by atoms with Crippen molar-refractivity contribution in [1.82, 2.24) is 25.4 Å². The summed E-state index contributed by atoms with van der Waals surface area (Å²) in [4.78, 5) is 8.91. The molecule has 1 aromatic heterocycles. The third-order valence-corrected chi connectivity index (χ3v) is 4.19. The molecule has 2 N–H and O–H groups in total. The van der Waals surface area contributed by atoms with E-state index in [1.165, 1.54) is 5.56 Å². The number of aryl methyl sites for hydroxylation is 2. The maximum atomic E-state index is 6.06. The number of halogens is 1. The van der Waals surface area contributed by atoms with Crippen molar-refractivity contribution in [2.45, 2.75) is 26.9 Å². The number of hydrogen-bond donors (Lipinski definition) is 2. The molecule has 0 saturated heterocycles. The van der Waals surface area contributed by atoms with E-state index in [2.05, 4.69) is 32.6 Å². The molecule has 0 aliphatic carbocycles. The Bertz CT molecular complexity index is 923. The highest BCUT2D eigenvalue weighted by molar-refractivity contribution is 14.0. The van der Waals surface area contributed by atoms with E-state index >= 15 is 0 Å². The molecule has 0 aliphatic rings. The lowest BCUT2D eigenvalue weighted by molar-refractivity contribution is 0.476. The van der Waals surface area contributed by atoms with Gasteiger partial charge in [-0.05, 0) is 32.0 Å². The van der Waals surface area contributed by atoms with Crippen LogP contribution in [0.1, 0.15) is 23.9 Å². The van der Waals surface area contributed by atoms with Crippen LogP contribution < -0.4 is 15.4 Å². The molecule has 0 aliphatic heterocycles. The van der Waals surface area contributed by atoms with Crippen molar-refractivity contribution in [2.75, 3.05) is 6.54 Å². The van der Waals surface area contributed by atoms with Crippen molar-refractivity contribution in [2.24, 2.45) is 12.0 Å². The number of nitrogens with zero attached hydrogens (tertiary/aromatic N) is 4. The average molecular weight is 506 g/mol. The molecule has 154 valence electrons. The van der Waals surface area contributed by atoms with Crippen molar-refractivity contribution < 1.29 is 4.74 Å². The van der Waals surface area contributed by atoms with Gasteiger partial charge >= 0.3 is 0 Å². The van der Waals surface area contributed by atoms with Gasteiger partial charge in [0.25, 0.3) is 0 Å². The summed E-state index contributed by atoms with van der Waals surface area (Å²) in [5, 5.41) is 10.6. The first-order valence-electron chi connectivity index (χ1n) is 9.33. The Balaban J connectivity index is 0.00000300. The molecule has 0 unspecified atom stereocenters. The number of guanidine groups is 1. The molecule has 0 bridgehead atoms. The topological polar surface area (TPSA) is 76.4 Å². The van der Waals surface area contributed by atoms with Crippen LogP contribution in [0, 0.1) is 6.92 Å². The summed E-state index contributed by atoms with van der Waals surface area (Å²) in [6, 6.07) is 16.0. The van der Waals surface area contributed by atoms with E-state index in [9.17, 15) is 0 Å². The minimum absolute atomic E-state index is 0. The average Bonchev–Trinajstić information content (AvgIpc) is 3.11. The van der Waals surface area contributed by atoms with Gasteiger partial charge in [-0.1, -0.05) is 35.9 Å². The van der Waals surface area contributed by atoms with Gasteiger partial charge in [0.15, 0.2) is 5.96 Å². The molecule has 0 atom stereocenters. The molecule has 0 radical (unpaired) electrons. The monoisotopic (exact) mass is 506 g/mol. The number of benzene rings is 2. The SMILES string of the molecule is CCNC(=NCc1ccccc1Oc1ccc(C)cc1)NCc1ncnn1C.I.